The molecule has 0 fully saturated rings. The van der Waals surface area contributed by atoms with E-state index < -0.39 is 10.0 Å². The Morgan fingerprint density at radius 1 is 1.09 bits per heavy atom. The van der Waals surface area contributed by atoms with Crippen LogP contribution in [0.1, 0.15) is 34.0 Å². The summed E-state index contributed by atoms with van der Waals surface area (Å²) in [7, 11) is -3.37. The molecule has 0 radical (unpaired) electrons. The van der Waals surface area contributed by atoms with Crippen molar-refractivity contribution in [3.8, 4) is 11.6 Å². The summed E-state index contributed by atoms with van der Waals surface area (Å²) in [4.78, 5) is 17.0. The molecule has 2 heterocycles. The smallest absolute Gasteiger partial charge is 0.255 e. The Labute approximate surface area is 188 Å². The number of pyridine rings is 1. The van der Waals surface area contributed by atoms with Crippen molar-refractivity contribution >= 4 is 27.3 Å². The fourth-order valence-corrected chi connectivity index (χ4v) is 5.13. The van der Waals surface area contributed by atoms with E-state index in [0.29, 0.717) is 35.0 Å². The van der Waals surface area contributed by atoms with Gasteiger partial charge in [-0.15, -0.1) is 0 Å². The number of ether oxygens (including phenoxy) is 1. The summed E-state index contributed by atoms with van der Waals surface area (Å²) in [5.41, 5.74) is 4.79. The Bertz CT molecular complexity index is 1290. The third-order valence-corrected chi connectivity index (χ3v) is 6.82. The summed E-state index contributed by atoms with van der Waals surface area (Å²) in [6.07, 6.45) is 3.30. The first kappa shape index (κ1) is 21.8. The topological polar surface area (TPSA) is 88.6 Å². The molecule has 0 spiro atoms. The predicted molar refractivity (Wildman–Crippen MR) is 125 cm³/mol. The number of sulfonamides is 1. The lowest BCUT2D eigenvalue weighted by atomic mass is 10.1. The van der Waals surface area contributed by atoms with E-state index in [1.165, 1.54) is 22.3 Å². The van der Waals surface area contributed by atoms with Crippen molar-refractivity contribution in [2.75, 3.05) is 15.9 Å². The molecule has 8 heteroatoms. The molecule has 1 N–H and O–H groups in total. The minimum Gasteiger partial charge on any atom is -0.439 e. The molecule has 1 unspecified atom stereocenters. The third-order valence-electron chi connectivity index (χ3n) is 5.55. The van der Waals surface area contributed by atoms with Crippen LogP contribution >= 0.6 is 0 Å². The molecule has 0 saturated carbocycles. The lowest BCUT2D eigenvalue weighted by molar-refractivity contribution is 0.102. The van der Waals surface area contributed by atoms with Gasteiger partial charge >= 0.3 is 0 Å². The SMILES string of the molecule is Cc1ccc(Oc2ccc(NC(=O)c3ccc4c(c3)CC(C)N4S(C)(=O)=O)cn2)cc1C. The van der Waals surface area contributed by atoms with Crippen LogP contribution in [0.3, 0.4) is 0 Å². The molecule has 1 aromatic heterocycles. The molecule has 32 heavy (non-hydrogen) atoms. The Morgan fingerprint density at radius 3 is 2.53 bits per heavy atom. The number of nitrogens with zero attached hydrogens (tertiary/aromatic N) is 2. The Hall–Kier alpha value is -3.39. The third kappa shape index (κ3) is 4.45. The van der Waals surface area contributed by atoms with Gasteiger partial charge in [0.2, 0.25) is 15.9 Å². The van der Waals surface area contributed by atoms with E-state index in [9.17, 15) is 13.2 Å². The van der Waals surface area contributed by atoms with Gasteiger partial charge in [0, 0.05) is 17.7 Å². The highest BCUT2D eigenvalue weighted by Crippen LogP contribution is 2.35. The number of amides is 1. The first-order valence-corrected chi connectivity index (χ1v) is 12.1. The zero-order chi connectivity index (χ0) is 23.0. The van der Waals surface area contributed by atoms with Gasteiger partial charge in [0.1, 0.15) is 5.75 Å². The van der Waals surface area contributed by atoms with Crippen LogP contribution in [0.2, 0.25) is 0 Å². The van der Waals surface area contributed by atoms with Crippen LogP contribution in [0.25, 0.3) is 0 Å². The van der Waals surface area contributed by atoms with Crippen molar-refractivity contribution in [2.24, 2.45) is 0 Å². The molecule has 1 amide bonds. The monoisotopic (exact) mass is 451 g/mol. The van der Waals surface area contributed by atoms with E-state index in [4.69, 9.17) is 4.74 Å². The van der Waals surface area contributed by atoms with Gasteiger partial charge in [-0.1, -0.05) is 6.07 Å². The number of fused-ring (bicyclic) bond motifs is 1. The second-order valence-electron chi connectivity index (χ2n) is 8.14. The van der Waals surface area contributed by atoms with E-state index in [1.54, 1.807) is 30.3 Å². The number of hydrogen-bond donors (Lipinski definition) is 1. The predicted octanol–water partition coefficient (Wildman–Crippen LogP) is 4.45. The van der Waals surface area contributed by atoms with E-state index in [-0.39, 0.29) is 11.9 Å². The van der Waals surface area contributed by atoms with Gasteiger partial charge in [-0.05, 0) is 80.3 Å². The lowest BCUT2D eigenvalue weighted by Gasteiger charge is -2.21. The van der Waals surface area contributed by atoms with Crippen molar-refractivity contribution in [3.05, 3.63) is 77.0 Å². The fourth-order valence-electron chi connectivity index (χ4n) is 3.87. The largest absolute Gasteiger partial charge is 0.439 e. The van der Waals surface area contributed by atoms with E-state index in [1.807, 2.05) is 39.0 Å². The molecular formula is C24H25N3O4S. The van der Waals surface area contributed by atoms with Gasteiger partial charge in [-0.3, -0.25) is 9.10 Å². The maximum atomic E-state index is 12.7. The van der Waals surface area contributed by atoms with Crippen LogP contribution in [0, 0.1) is 13.8 Å². The van der Waals surface area contributed by atoms with E-state index >= 15 is 0 Å². The van der Waals surface area contributed by atoms with Crippen molar-refractivity contribution in [1.29, 1.82) is 0 Å². The zero-order valence-electron chi connectivity index (χ0n) is 18.4. The summed E-state index contributed by atoms with van der Waals surface area (Å²) < 4.78 is 31.3. The highest BCUT2D eigenvalue weighted by atomic mass is 32.2. The van der Waals surface area contributed by atoms with E-state index in [2.05, 4.69) is 10.3 Å². The van der Waals surface area contributed by atoms with Gasteiger partial charge < -0.3 is 10.1 Å². The second kappa shape index (κ2) is 8.27. The average molecular weight is 452 g/mol. The molecule has 0 saturated heterocycles. The molecule has 1 aliphatic heterocycles. The molecule has 3 aromatic rings. The van der Waals surface area contributed by atoms with E-state index in [0.717, 1.165) is 11.1 Å². The van der Waals surface area contributed by atoms with Crippen molar-refractivity contribution < 1.29 is 17.9 Å². The van der Waals surface area contributed by atoms with Crippen LogP contribution in [-0.4, -0.2) is 31.6 Å². The molecule has 1 atom stereocenters. The number of aryl methyl sites for hydroxylation is 2. The van der Waals surface area contributed by atoms with Crippen LogP contribution in [0.5, 0.6) is 11.6 Å². The summed E-state index contributed by atoms with van der Waals surface area (Å²) in [5, 5.41) is 2.82. The van der Waals surface area contributed by atoms with Gasteiger partial charge in [-0.2, -0.15) is 0 Å². The van der Waals surface area contributed by atoms with Gasteiger partial charge in [0.05, 0.1) is 23.8 Å². The van der Waals surface area contributed by atoms with Crippen molar-refractivity contribution in [3.63, 3.8) is 0 Å². The Kier molecular flexibility index (Phi) is 5.64. The normalized spacial score (nSPS) is 15.4. The number of carbonyl (C=O) groups excluding carboxylic acids is 1. The maximum absolute atomic E-state index is 12.7. The molecule has 4 rings (SSSR count). The number of aromatic nitrogens is 1. The minimum absolute atomic E-state index is 0.174. The van der Waals surface area contributed by atoms with Gasteiger partial charge in [0.25, 0.3) is 5.91 Å². The van der Waals surface area contributed by atoms with Crippen LogP contribution < -0.4 is 14.4 Å². The highest BCUT2D eigenvalue weighted by molar-refractivity contribution is 7.92. The molecule has 0 bridgehead atoms. The van der Waals surface area contributed by atoms with Gasteiger partial charge in [0.15, 0.2) is 0 Å². The average Bonchev–Trinajstić information content (AvgIpc) is 3.07. The molecule has 2 aromatic carbocycles. The number of rotatable bonds is 5. The summed E-state index contributed by atoms with van der Waals surface area (Å²) >= 11 is 0. The standard InChI is InChI=1S/C24H25N3O4S/c1-15-5-8-21(11-16(15)2)31-23-10-7-20(14-25-23)26-24(28)18-6-9-22-19(13-18)12-17(3)27(22)32(4,29)30/h5-11,13-14,17H,12H2,1-4H3,(H,26,28). The Morgan fingerprint density at radius 2 is 1.88 bits per heavy atom. The molecule has 1 aliphatic rings. The maximum Gasteiger partial charge on any atom is 0.255 e. The molecular weight excluding hydrogens is 426 g/mol. The number of carbonyl (C=O) groups is 1. The number of hydrogen-bond acceptors (Lipinski definition) is 5. The summed E-state index contributed by atoms with van der Waals surface area (Å²) in [5.74, 6) is 0.842. The fraction of sp³-hybridized carbons (Fsp3) is 0.250. The quantitative estimate of drug-likeness (QED) is 0.619. The molecule has 0 aliphatic carbocycles. The summed E-state index contributed by atoms with van der Waals surface area (Å²) in [6.45, 7) is 5.92. The first-order valence-electron chi connectivity index (χ1n) is 10.3. The lowest BCUT2D eigenvalue weighted by Crippen LogP contribution is -2.34. The minimum atomic E-state index is -3.37. The zero-order valence-corrected chi connectivity index (χ0v) is 19.2. The second-order valence-corrected chi connectivity index (χ2v) is 10.0. The van der Waals surface area contributed by atoms with Crippen molar-refractivity contribution in [1.82, 2.24) is 4.98 Å². The van der Waals surface area contributed by atoms with Gasteiger partial charge in [-0.25, -0.2) is 13.4 Å². The number of benzene rings is 2. The first-order chi connectivity index (χ1) is 15.1. The number of anilines is 2. The summed E-state index contributed by atoms with van der Waals surface area (Å²) in [6, 6.07) is 14.1. The Balaban J connectivity index is 1.45. The molecule has 7 nitrogen and oxygen atoms in total. The van der Waals surface area contributed by atoms with Crippen LogP contribution in [0.15, 0.2) is 54.7 Å². The van der Waals surface area contributed by atoms with Crippen LogP contribution in [-0.2, 0) is 16.4 Å². The van der Waals surface area contributed by atoms with Crippen molar-refractivity contribution in [2.45, 2.75) is 33.2 Å². The number of nitrogens with one attached hydrogen (secondary N) is 1. The highest BCUT2D eigenvalue weighted by Gasteiger charge is 2.32. The van der Waals surface area contributed by atoms with Crippen LogP contribution in [0.4, 0.5) is 11.4 Å². The molecule has 166 valence electrons.